The zero-order valence-electron chi connectivity index (χ0n) is 8.84. The molecule has 78 valence electrons. The minimum absolute atomic E-state index is 0.177. The number of rotatable bonds is 6. The fourth-order valence-electron chi connectivity index (χ4n) is 1.18. The lowest BCUT2D eigenvalue weighted by Gasteiger charge is -2.21. The molecule has 0 aliphatic rings. The second kappa shape index (κ2) is 5.99. The highest BCUT2D eigenvalue weighted by atomic mass is 28.4. The molecule has 0 saturated heterocycles. The monoisotopic (exact) mass is 203 g/mol. The highest BCUT2D eigenvalue weighted by molar-refractivity contribution is 6.71. The molecule has 4 nitrogen and oxygen atoms in total. The van der Waals surface area contributed by atoms with E-state index in [1.165, 1.54) is 0 Å². The molecule has 0 aromatic heterocycles. The van der Waals surface area contributed by atoms with Gasteiger partial charge in [0.15, 0.2) is 14.3 Å². The normalized spacial score (nSPS) is 11.3. The Kier molecular flexibility index (Phi) is 5.73. The predicted molar refractivity (Wildman–Crippen MR) is 59.2 cm³/mol. The Hall–Kier alpha value is -0.553. The quantitative estimate of drug-likeness (QED) is 0.291. The summed E-state index contributed by atoms with van der Waals surface area (Å²) in [6.45, 7) is 7.98. The van der Waals surface area contributed by atoms with Gasteiger partial charge in [-0.15, -0.1) is 0 Å². The first-order valence-corrected chi connectivity index (χ1v) is 7.79. The van der Waals surface area contributed by atoms with Gasteiger partial charge in [0.05, 0.1) is 0 Å². The number of guanidine groups is 1. The summed E-state index contributed by atoms with van der Waals surface area (Å²) < 4.78 is 5.66. The fraction of sp³-hybridized carbons (Fsp3) is 0.875. The molecular formula is C8H21N3OSi. The minimum atomic E-state index is -1.43. The summed E-state index contributed by atoms with van der Waals surface area (Å²) in [5.41, 5.74) is 10.4. The van der Waals surface area contributed by atoms with Crippen LogP contribution in [0, 0.1) is 0 Å². The Bertz CT molecular complexity index is 167. The van der Waals surface area contributed by atoms with Crippen molar-refractivity contribution in [3.8, 4) is 0 Å². The molecule has 0 radical (unpaired) electrons. The van der Waals surface area contributed by atoms with Crippen LogP contribution in [0.5, 0.6) is 0 Å². The van der Waals surface area contributed by atoms with Gasteiger partial charge in [0.2, 0.25) is 0 Å². The Morgan fingerprint density at radius 1 is 1.38 bits per heavy atom. The van der Waals surface area contributed by atoms with Gasteiger partial charge in [-0.05, 0) is 32.5 Å². The molecule has 0 unspecified atom stereocenters. The predicted octanol–water partition coefficient (Wildman–Crippen LogP) is 0.892. The van der Waals surface area contributed by atoms with Crippen LogP contribution in [0.2, 0.25) is 19.1 Å². The lowest BCUT2D eigenvalue weighted by Crippen LogP contribution is -2.30. The Morgan fingerprint density at radius 2 is 2.00 bits per heavy atom. The highest BCUT2D eigenvalue weighted by Gasteiger charge is 2.20. The van der Waals surface area contributed by atoms with Gasteiger partial charge in [0, 0.05) is 13.2 Å². The zero-order valence-corrected chi connectivity index (χ0v) is 9.84. The SMILES string of the molecule is CCO[Si](C)(C)CCCN=C(N)N. The first-order chi connectivity index (χ1) is 5.98. The molecule has 0 saturated carbocycles. The second-order valence-electron chi connectivity index (χ2n) is 3.60. The first kappa shape index (κ1) is 12.4. The Balaban J connectivity index is 3.57. The molecule has 0 aromatic carbocycles. The molecule has 0 aromatic rings. The van der Waals surface area contributed by atoms with E-state index in [0.717, 1.165) is 19.1 Å². The van der Waals surface area contributed by atoms with Crippen molar-refractivity contribution in [3.63, 3.8) is 0 Å². The molecule has 5 heteroatoms. The lowest BCUT2D eigenvalue weighted by atomic mass is 10.5. The number of aliphatic imine (C=N–C) groups is 1. The zero-order chi connectivity index (χ0) is 10.3. The van der Waals surface area contributed by atoms with Crippen molar-refractivity contribution in [1.82, 2.24) is 0 Å². The van der Waals surface area contributed by atoms with E-state index >= 15 is 0 Å². The van der Waals surface area contributed by atoms with E-state index in [9.17, 15) is 0 Å². The van der Waals surface area contributed by atoms with Gasteiger partial charge >= 0.3 is 0 Å². The summed E-state index contributed by atoms with van der Waals surface area (Å²) in [5, 5.41) is 0. The summed E-state index contributed by atoms with van der Waals surface area (Å²) in [7, 11) is -1.43. The Labute approximate surface area is 81.5 Å². The number of nitrogens with two attached hydrogens (primary N) is 2. The summed E-state index contributed by atoms with van der Waals surface area (Å²) in [6.07, 6.45) is 1.01. The molecule has 13 heavy (non-hydrogen) atoms. The van der Waals surface area contributed by atoms with Crippen molar-refractivity contribution in [2.24, 2.45) is 16.5 Å². The maximum atomic E-state index is 5.66. The molecule has 0 aliphatic heterocycles. The smallest absolute Gasteiger partial charge is 0.186 e. The van der Waals surface area contributed by atoms with Gasteiger partial charge in [-0.3, -0.25) is 4.99 Å². The number of nitrogens with zero attached hydrogens (tertiary/aromatic N) is 1. The van der Waals surface area contributed by atoms with Crippen LogP contribution in [0.1, 0.15) is 13.3 Å². The standard InChI is InChI=1S/C8H21N3OSi/c1-4-12-13(2,3)7-5-6-11-8(9)10/h4-7H2,1-3H3,(H4,9,10,11). The molecule has 0 amide bonds. The molecule has 4 N–H and O–H groups in total. The fourth-order valence-corrected chi connectivity index (χ4v) is 3.11. The van der Waals surface area contributed by atoms with Gasteiger partial charge in [0.25, 0.3) is 0 Å². The number of hydrogen-bond donors (Lipinski definition) is 2. The van der Waals surface area contributed by atoms with Crippen LogP contribution in [0.3, 0.4) is 0 Å². The first-order valence-electron chi connectivity index (χ1n) is 4.67. The average Bonchev–Trinajstić information content (AvgIpc) is 1.98. The third-order valence-electron chi connectivity index (χ3n) is 1.77. The average molecular weight is 203 g/mol. The number of hydrogen-bond acceptors (Lipinski definition) is 2. The molecule has 0 fully saturated rings. The topological polar surface area (TPSA) is 73.6 Å². The van der Waals surface area contributed by atoms with Crippen molar-refractivity contribution in [2.45, 2.75) is 32.5 Å². The van der Waals surface area contributed by atoms with Crippen LogP contribution in [0.25, 0.3) is 0 Å². The third-order valence-corrected chi connectivity index (χ3v) is 4.39. The highest BCUT2D eigenvalue weighted by Crippen LogP contribution is 2.13. The van der Waals surface area contributed by atoms with Gasteiger partial charge < -0.3 is 15.9 Å². The molecule has 0 atom stereocenters. The van der Waals surface area contributed by atoms with Crippen LogP contribution in [-0.2, 0) is 4.43 Å². The summed E-state index contributed by atoms with van der Waals surface area (Å²) in [6, 6.07) is 1.11. The van der Waals surface area contributed by atoms with E-state index in [4.69, 9.17) is 15.9 Å². The van der Waals surface area contributed by atoms with Gasteiger partial charge in [-0.25, -0.2) is 0 Å². The maximum absolute atomic E-state index is 5.66. The van der Waals surface area contributed by atoms with Crippen LogP contribution >= 0.6 is 0 Å². The van der Waals surface area contributed by atoms with Crippen LogP contribution in [0.4, 0.5) is 0 Å². The molecule has 0 spiro atoms. The van der Waals surface area contributed by atoms with Gasteiger partial charge in [-0.1, -0.05) is 0 Å². The Morgan fingerprint density at radius 3 is 2.46 bits per heavy atom. The largest absolute Gasteiger partial charge is 0.418 e. The van der Waals surface area contributed by atoms with E-state index in [0.29, 0.717) is 6.54 Å². The van der Waals surface area contributed by atoms with Crippen molar-refractivity contribution < 1.29 is 4.43 Å². The second-order valence-corrected chi connectivity index (χ2v) is 7.91. The van der Waals surface area contributed by atoms with Gasteiger partial charge in [-0.2, -0.15) is 0 Å². The summed E-state index contributed by atoms with van der Waals surface area (Å²) in [5.74, 6) is 0.177. The van der Waals surface area contributed by atoms with Crippen molar-refractivity contribution in [2.75, 3.05) is 13.2 Å². The summed E-state index contributed by atoms with van der Waals surface area (Å²) >= 11 is 0. The van der Waals surface area contributed by atoms with Crippen molar-refractivity contribution >= 4 is 14.3 Å². The molecule has 0 rings (SSSR count). The van der Waals surface area contributed by atoms with Crippen molar-refractivity contribution in [3.05, 3.63) is 0 Å². The van der Waals surface area contributed by atoms with E-state index < -0.39 is 8.32 Å². The van der Waals surface area contributed by atoms with Gasteiger partial charge in [0.1, 0.15) is 0 Å². The van der Waals surface area contributed by atoms with Crippen LogP contribution < -0.4 is 11.5 Å². The molecule has 0 heterocycles. The van der Waals surface area contributed by atoms with E-state index in [-0.39, 0.29) is 5.96 Å². The van der Waals surface area contributed by atoms with Crippen molar-refractivity contribution in [1.29, 1.82) is 0 Å². The van der Waals surface area contributed by atoms with E-state index in [1.807, 2.05) is 6.92 Å². The maximum Gasteiger partial charge on any atom is 0.186 e. The van der Waals surface area contributed by atoms with Crippen LogP contribution in [0.15, 0.2) is 4.99 Å². The molecule has 0 aliphatic carbocycles. The molecular weight excluding hydrogens is 182 g/mol. The minimum Gasteiger partial charge on any atom is -0.418 e. The van der Waals surface area contributed by atoms with Crippen LogP contribution in [-0.4, -0.2) is 27.4 Å². The lowest BCUT2D eigenvalue weighted by molar-refractivity contribution is 0.328. The molecule has 0 bridgehead atoms. The van der Waals surface area contributed by atoms with E-state index in [2.05, 4.69) is 18.1 Å². The summed E-state index contributed by atoms with van der Waals surface area (Å²) in [4.78, 5) is 3.93. The third kappa shape index (κ3) is 7.80. The van der Waals surface area contributed by atoms with E-state index in [1.54, 1.807) is 0 Å².